The van der Waals surface area contributed by atoms with Gasteiger partial charge in [-0.2, -0.15) is 0 Å². The first kappa shape index (κ1) is 18.9. The lowest BCUT2D eigenvalue weighted by Gasteiger charge is -2.27. The van der Waals surface area contributed by atoms with Crippen molar-refractivity contribution in [2.75, 3.05) is 19.1 Å². The summed E-state index contributed by atoms with van der Waals surface area (Å²) in [5.41, 5.74) is 1.57. The Morgan fingerprint density at radius 3 is 2.52 bits per heavy atom. The van der Waals surface area contributed by atoms with Gasteiger partial charge in [0.2, 0.25) is 0 Å². The smallest absolute Gasteiger partial charge is 0.339 e. The number of Topliss-reactive ketones (excluding diaryl/α,β-unsaturated/α-hetero) is 1. The predicted molar refractivity (Wildman–Crippen MR) is 100 cm³/mol. The van der Waals surface area contributed by atoms with E-state index in [0.717, 1.165) is 0 Å². The molecule has 2 aromatic rings. The number of carbonyl (C=O) groups excluding carboxylic acids is 3. The van der Waals surface area contributed by atoms with Crippen LogP contribution in [-0.4, -0.2) is 31.8 Å². The van der Waals surface area contributed by atoms with E-state index < -0.39 is 11.9 Å². The Labute approximate surface area is 158 Å². The minimum absolute atomic E-state index is 0.000774. The predicted octanol–water partition coefficient (Wildman–Crippen LogP) is 3.81. The largest absolute Gasteiger partial charge is 0.465 e. The van der Waals surface area contributed by atoms with Gasteiger partial charge >= 0.3 is 5.97 Å². The fourth-order valence-electron chi connectivity index (χ4n) is 3.60. The molecule has 0 atom stereocenters. The Bertz CT molecular complexity index is 938. The maximum atomic E-state index is 13.1. The van der Waals surface area contributed by atoms with Crippen LogP contribution >= 0.6 is 0 Å². The highest BCUT2D eigenvalue weighted by Crippen LogP contribution is 2.38. The molecular weight excluding hydrogens is 346 g/mol. The van der Waals surface area contributed by atoms with Gasteiger partial charge in [0.05, 0.1) is 23.9 Å². The van der Waals surface area contributed by atoms with E-state index in [-0.39, 0.29) is 22.5 Å². The number of ether oxygens (including phenoxy) is 1. The van der Waals surface area contributed by atoms with E-state index in [4.69, 9.17) is 9.15 Å². The minimum Gasteiger partial charge on any atom is -0.465 e. The third-order valence-corrected chi connectivity index (χ3v) is 4.95. The van der Waals surface area contributed by atoms with E-state index in [1.807, 2.05) is 13.8 Å². The van der Waals surface area contributed by atoms with Crippen LogP contribution in [0.1, 0.15) is 62.9 Å². The maximum Gasteiger partial charge on any atom is 0.339 e. The van der Waals surface area contributed by atoms with Crippen molar-refractivity contribution in [1.82, 2.24) is 0 Å². The number of hydrogen-bond donors (Lipinski definition) is 0. The lowest BCUT2D eigenvalue weighted by Crippen LogP contribution is -2.28. The summed E-state index contributed by atoms with van der Waals surface area (Å²) in [5, 5.41) is 0. The molecule has 0 saturated carbocycles. The monoisotopic (exact) mass is 369 g/mol. The van der Waals surface area contributed by atoms with Crippen molar-refractivity contribution < 1.29 is 23.5 Å². The average molecular weight is 369 g/mol. The zero-order chi connectivity index (χ0) is 19.9. The fraction of sp³-hybridized carbons (Fsp3) is 0.381. The van der Waals surface area contributed by atoms with E-state index in [1.54, 1.807) is 38.2 Å². The van der Waals surface area contributed by atoms with E-state index in [1.165, 1.54) is 12.0 Å². The molecule has 1 aromatic carbocycles. The molecule has 3 rings (SSSR count). The SMILES string of the molecule is COC(=O)c1ccccc1N(C)C(=O)c1oc2c(c1C)C(=O)CC(C)(C)C2. The molecule has 0 unspecified atom stereocenters. The van der Waals surface area contributed by atoms with Crippen LogP contribution in [0, 0.1) is 12.3 Å². The second-order valence-electron chi connectivity index (χ2n) is 7.67. The molecule has 0 fully saturated rings. The Hall–Kier alpha value is -2.89. The zero-order valence-corrected chi connectivity index (χ0v) is 16.2. The molecular formula is C21H23NO5. The quantitative estimate of drug-likeness (QED) is 0.769. The van der Waals surface area contributed by atoms with Gasteiger partial charge in [-0.05, 0) is 24.5 Å². The van der Waals surface area contributed by atoms with Gasteiger partial charge in [0, 0.05) is 25.5 Å². The number of furan rings is 1. The summed E-state index contributed by atoms with van der Waals surface area (Å²) in [6.45, 7) is 5.74. The summed E-state index contributed by atoms with van der Waals surface area (Å²) in [7, 11) is 2.86. The summed E-state index contributed by atoms with van der Waals surface area (Å²) in [6, 6.07) is 6.69. The van der Waals surface area contributed by atoms with Crippen molar-refractivity contribution in [3.63, 3.8) is 0 Å². The lowest BCUT2D eigenvalue weighted by atomic mass is 9.76. The van der Waals surface area contributed by atoms with Crippen LogP contribution in [-0.2, 0) is 11.2 Å². The molecule has 0 spiro atoms. The molecule has 0 bridgehead atoms. The van der Waals surface area contributed by atoms with Gasteiger partial charge < -0.3 is 14.1 Å². The third kappa shape index (κ3) is 3.27. The highest BCUT2D eigenvalue weighted by molar-refractivity contribution is 6.10. The number of methoxy groups -OCH3 is 1. The molecule has 6 heteroatoms. The van der Waals surface area contributed by atoms with Gasteiger partial charge in [-0.15, -0.1) is 0 Å². The molecule has 1 heterocycles. The second kappa shape index (κ2) is 6.68. The van der Waals surface area contributed by atoms with Gasteiger partial charge in [0.1, 0.15) is 5.76 Å². The average Bonchev–Trinajstić information content (AvgIpc) is 2.94. The van der Waals surface area contributed by atoms with Crippen molar-refractivity contribution in [2.24, 2.45) is 5.41 Å². The molecule has 142 valence electrons. The number of nitrogens with zero attached hydrogens (tertiary/aromatic N) is 1. The Balaban J connectivity index is 2.01. The van der Waals surface area contributed by atoms with Crippen LogP contribution in [0.15, 0.2) is 28.7 Å². The van der Waals surface area contributed by atoms with Crippen molar-refractivity contribution in [1.29, 1.82) is 0 Å². The van der Waals surface area contributed by atoms with E-state index in [0.29, 0.717) is 35.4 Å². The Morgan fingerprint density at radius 2 is 1.85 bits per heavy atom. The summed E-state index contributed by atoms with van der Waals surface area (Å²) in [4.78, 5) is 39.0. The zero-order valence-electron chi connectivity index (χ0n) is 16.2. The van der Waals surface area contributed by atoms with Crippen LogP contribution in [0.3, 0.4) is 0 Å². The number of fused-ring (bicyclic) bond motifs is 1. The molecule has 1 amide bonds. The van der Waals surface area contributed by atoms with Crippen molar-refractivity contribution >= 4 is 23.3 Å². The number of benzene rings is 1. The first-order valence-corrected chi connectivity index (χ1v) is 8.77. The Kier molecular flexibility index (Phi) is 4.68. The summed E-state index contributed by atoms with van der Waals surface area (Å²) in [5.74, 6) is -0.249. The summed E-state index contributed by atoms with van der Waals surface area (Å²) >= 11 is 0. The third-order valence-electron chi connectivity index (χ3n) is 4.95. The molecule has 1 aliphatic rings. The van der Waals surface area contributed by atoms with E-state index in [2.05, 4.69) is 0 Å². The summed E-state index contributed by atoms with van der Waals surface area (Å²) < 4.78 is 10.6. The van der Waals surface area contributed by atoms with Gasteiger partial charge in [-0.3, -0.25) is 9.59 Å². The van der Waals surface area contributed by atoms with Gasteiger partial charge in [0.25, 0.3) is 5.91 Å². The highest BCUT2D eigenvalue weighted by Gasteiger charge is 2.37. The number of hydrogen-bond acceptors (Lipinski definition) is 5. The standard InChI is InChI=1S/C21H23NO5/c1-12-17-15(23)10-21(2,3)11-16(17)27-18(12)19(24)22(4)14-9-7-6-8-13(14)20(25)26-5/h6-9H,10-11H2,1-5H3. The molecule has 0 saturated heterocycles. The lowest BCUT2D eigenvalue weighted by molar-refractivity contribution is 0.0601. The van der Waals surface area contributed by atoms with Gasteiger partial charge in [-0.1, -0.05) is 26.0 Å². The first-order valence-electron chi connectivity index (χ1n) is 8.77. The van der Waals surface area contributed by atoms with Crippen LogP contribution in [0.25, 0.3) is 0 Å². The van der Waals surface area contributed by atoms with Crippen LogP contribution in [0.4, 0.5) is 5.69 Å². The molecule has 1 aliphatic carbocycles. The molecule has 0 N–H and O–H groups in total. The number of ketones is 1. The minimum atomic E-state index is -0.530. The topological polar surface area (TPSA) is 76.8 Å². The van der Waals surface area contributed by atoms with E-state index in [9.17, 15) is 14.4 Å². The Morgan fingerprint density at radius 1 is 1.19 bits per heavy atom. The van der Waals surface area contributed by atoms with Crippen molar-refractivity contribution in [2.45, 2.75) is 33.6 Å². The fourth-order valence-corrected chi connectivity index (χ4v) is 3.60. The number of amides is 1. The highest BCUT2D eigenvalue weighted by atomic mass is 16.5. The van der Waals surface area contributed by atoms with Crippen LogP contribution in [0.5, 0.6) is 0 Å². The molecule has 1 aromatic heterocycles. The van der Waals surface area contributed by atoms with Gasteiger partial charge in [-0.25, -0.2) is 4.79 Å². The summed E-state index contributed by atoms with van der Waals surface area (Å²) in [6.07, 6.45) is 1.03. The number of anilines is 1. The van der Waals surface area contributed by atoms with Crippen LogP contribution < -0.4 is 4.90 Å². The first-order chi connectivity index (χ1) is 12.7. The second-order valence-corrected chi connectivity index (χ2v) is 7.67. The molecule has 6 nitrogen and oxygen atoms in total. The van der Waals surface area contributed by atoms with Crippen molar-refractivity contribution in [3.05, 3.63) is 52.5 Å². The van der Waals surface area contributed by atoms with Crippen molar-refractivity contribution in [3.8, 4) is 0 Å². The molecule has 0 aliphatic heterocycles. The van der Waals surface area contributed by atoms with E-state index >= 15 is 0 Å². The maximum absolute atomic E-state index is 13.1. The molecule has 0 radical (unpaired) electrons. The normalized spacial score (nSPS) is 15.2. The molecule has 27 heavy (non-hydrogen) atoms. The van der Waals surface area contributed by atoms with Gasteiger partial charge in [0.15, 0.2) is 11.5 Å². The number of esters is 1. The number of carbonyl (C=O) groups is 3. The number of rotatable bonds is 3. The number of para-hydroxylation sites is 1. The van der Waals surface area contributed by atoms with Crippen LogP contribution in [0.2, 0.25) is 0 Å².